The van der Waals surface area contributed by atoms with E-state index in [2.05, 4.69) is 25.0 Å². The molecule has 0 aromatic carbocycles. The van der Waals surface area contributed by atoms with Gasteiger partial charge in [-0.2, -0.15) is 0 Å². The summed E-state index contributed by atoms with van der Waals surface area (Å²) in [6.07, 6.45) is -0.300. The molecule has 0 aliphatic carbocycles. The van der Waals surface area contributed by atoms with Gasteiger partial charge in [-0.3, -0.25) is 0 Å². The molecule has 0 unspecified atom stereocenters. The van der Waals surface area contributed by atoms with Crippen LogP contribution in [0.25, 0.3) is 0 Å². The summed E-state index contributed by atoms with van der Waals surface area (Å²) in [6.45, 7) is 8.60. The fourth-order valence-electron chi connectivity index (χ4n) is 0.972. The standard InChI is InChI=1S/C10H21NO4Si/c1-5-8(9(12)13)11-10(14)15-6-7-16(2,3)4/h8H,5-7H2,1-4H3,(H,11,14)(H,12,13)/t8-/m0/s1. The topological polar surface area (TPSA) is 75.6 Å². The van der Waals surface area contributed by atoms with E-state index in [0.717, 1.165) is 6.04 Å². The second-order valence-corrected chi connectivity index (χ2v) is 10.5. The molecule has 0 spiro atoms. The van der Waals surface area contributed by atoms with E-state index < -0.39 is 26.2 Å². The van der Waals surface area contributed by atoms with Gasteiger partial charge in [-0.25, -0.2) is 9.59 Å². The van der Waals surface area contributed by atoms with Gasteiger partial charge in [-0.05, 0) is 12.5 Å². The lowest BCUT2D eigenvalue weighted by Crippen LogP contribution is -2.40. The Morgan fingerprint density at radius 2 is 1.94 bits per heavy atom. The molecular weight excluding hydrogens is 226 g/mol. The Labute approximate surface area is 97.2 Å². The van der Waals surface area contributed by atoms with Crippen LogP contribution in [0.4, 0.5) is 4.79 Å². The lowest BCUT2D eigenvalue weighted by molar-refractivity contribution is -0.139. The van der Waals surface area contributed by atoms with Gasteiger partial charge in [0.25, 0.3) is 0 Å². The van der Waals surface area contributed by atoms with Crippen LogP contribution in [-0.2, 0) is 9.53 Å². The Morgan fingerprint density at radius 3 is 2.31 bits per heavy atom. The number of carboxylic acids is 1. The molecule has 0 rings (SSSR count). The van der Waals surface area contributed by atoms with Crippen LogP contribution in [0.2, 0.25) is 25.7 Å². The lowest BCUT2D eigenvalue weighted by Gasteiger charge is -2.16. The summed E-state index contributed by atoms with van der Waals surface area (Å²) < 4.78 is 4.92. The molecule has 0 saturated heterocycles. The predicted molar refractivity (Wildman–Crippen MR) is 64.4 cm³/mol. The third-order valence-electron chi connectivity index (χ3n) is 2.08. The van der Waals surface area contributed by atoms with Crippen LogP contribution in [0.3, 0.4) is 0 Å². The highest BCUT2D eigenvalue weighted by molar-refractivity contribution is 6.76. The van der Waals surface area contributed by atoms with E-state index in [-0.39, 0.29) is 0 Å². The van der Waals surface area contributed by atoms with Crippen molar-refractivity contribution in [2.45, 2.75) is 45.1 Å². The van der Waals surface area contributed by atoms with E-state index in [9.17, 15) is 9.59 Å². The van der Waals surface area contributed by atoms with E-state index >= 15 is 0 Å². The van der Waals surface area contributed by atoms with Crippen LogP contribution in [0, 0.1) is 0 Å². The van der Waals surface area contributed by atoms with Crippen LogP contribution in [0.5, 0.6) is 0 Å². The molecule has 0 radical (unpaired) electrons. The van der Waals surface area contributed by atoms with Gasteiger partial charge in [0.05, 0.1) is 6.61 Å². The van der Waals surface area contributed by atoms with Crippen molar-refractivity contribution in [3.63, 3.8) is 0 Å². The Balaban J connectivity index is 3.86. The SMILES string of the molecule is CC[C@H](NC(=O)OCC[Si](C)(C)C)C(=O)O. The molecule has 0 aliphatic heterocycles. The first-order valence-electron chi connectivity index (χ1n) is 5.42. The van der Waals surface area contributed by atoms with Crippen molar-refractivity contribution in [1.82, 2.24) is 5.32 Å². The van der Waals surface area contributed by atoms with Crippen molar-refractivity contribution in [3.05, 3.63) is 0 Å². The number of hydrogen-bond donors (Lipinski definition) is 2. The normalized spacial score (nSPS) is 13.0. The highest BCUT2D eigenvalue weighted by atomic mass is 28.3. The van der Waals surface area contributed by atoms with Gasteiger partial charge in [0.2, 0.25) is 0 Å². The summed E-state index contributed by atoms with van der Waals surface area (Å²) in [7, 11) is -1.22. The van der Waals surface area contributed by atoms with Crippen LogP contribution in [-0.4, -0.2) is 37.9 Å². The Hall–Kier alpha value is -1.04. The maximum absolute atomic E-state index is 11.2. The molecule has 1 amide bonds. The van der Waals surface area contributed by atoms with Gasteiger partial charge >= 0.3 is 12.1 Å². The number of amides is 1. The van der Waals surface area contributed by atoms with E-state index in [1.165, 1.54) is 0 Å². The average molecular weight is 247 g/mol. The molecule has 0 fully saturated rings. The Bertz CT molecular complexity index is 250. The zero-order valence-electron chi connectivity index (χ0n) is 10.4. The molecule has 6 heteroatoms. The molecule has 0 saturated carbocycles. The van der Waals surface area contributed by atoms with Gasteiger partial charge in [0.15, 0.2) is 0 Å². The van der Waals surface area contributed by atoms with E-state index in [0.29, 0.717) is 13.0 Å². The average Bonchev–Trinajstić information content (AvgIpc) is 2.11. The fraction of sp³-hybridized carbons (Fsp3) is 0.800. The summed E-state index contributed by atoms with van der Waals surface area (Å²) >= 11 is 0. The van der Waals surface area contributed by atoms with Crippen molar-refractivity contribution in [1.29, 1.82) is 0 Å². The zero-order valence-corrected chi connectivity index (χ0v) is 11.4. The molecule has 1 atom stereocenters. The highest BCUT2D eigenvalue weighted by Crippen LogP contribution is 2.07. The van der Waals surface area contributed by atoms with Crippen LogP contribution >= 0.6 is 0 Å². The second kappa shape index (κ2) is 6.52. The molecule has 0 aromatic heterocycles. The number of alkyl carbamates (subject to hydrolysis) is 1. The monoisotopic (exact) mass is 247 g/mol. The molecule has 16 heavy (non-hydrogen) atoms. The number of rotatable bonds is 6. The highest BCUT2D eigenvalue weighted by Gasteiger charge is 2.19. The van der Waals surface area contributed by atoms with E-state index in [4.69, 9.17) is 9.84 Å². The Kier molecular flexibility index (Phi) is 6.10. The summed E-state index contributed by atoms with van der Waals surface area (Å²) in [6, 6.07) is 0.0176. The maximum Gasteiger partial charge on any atom is 0.407 e. The third kappa shape index (κ3) is 7.28. The number of aliphatic carboxylic acids is 1. The quantitative estimate of drug-likeness (QED) is 0.703. The number of carbonyl (C=O) groups excluding carboxylic acids is 1. The van der Waals surface area contributed by atoms with Crippen molar-refractivity contribution in [2.24, 2.45) is 0 Å². The van der Waals surface area contributed by atoms with Crippen molar-refractivity contribution >= 4 is 20.1 Å². The Morgan fingerprint density at radius 1 is 1.38 bits per heavy atom. The summed E-state index contributed by atoms with van der Waals surface area (Å²) in [5.41, 5.74) is 0. The van der Waals surface area contributed by atoms with Gasteiger partial charge < -0.3 is 15.2 Å². The number of hydrogen-bond acceptors (Lipinski definition) is 3. The summed E-state index contributed by atoms with van der Waals surface area (Å²) in [5.74, 6) is -1.04. The number of carbonyl (C=O) groups is 2. The molecule has 0 heterocycles. The molecule has 5 nitrogen and oxygen atoms in total. The first kappa shape index (κ1) is 15.0. The molecule has 0 bridgehead atoms. The largest absolute Gasteiger partial charge is 0.480 e. The number of carboxylic acid groups (broad SMARTS) is 1. The molecule has 94 valence electrons. The van der Waals surface area contributed by atoms with Gasteiger partial charge in [-0.1, -0.05) is 26.6 Å². The number of nitrogens with one attached hydrogen (secondary N) is 1. The first-order chi connectivity index (χ1) is 7.26. The lowest BCUT2D eigenvalue weighted by atomic mass is 10.2. The van der Waals surface area contributed by atoms with Crippen LogP contribution in [0.1, 0.15) is 13.3 Å². The minimum Gasteiger partial charge on any atom is -0.480 e. The van der Waals surface area contributed by atoms with E-state index in [1.807, 2.05) is 0 Å². The predicted octanol–water partition coefficient (Wildman–Crippen LogP) is 1.91. The van der Waals surface area contributed by atoms with Gasteiger partial charge in [-0.15, -0.1) is 0 Å². The van der Waals surface area contributed by atoms with Gasteiger partial charge in [0, 0.05) is 8.07 Å². The van der Waals surface area contributed by atoms with Crippen molar-refractivity contribution in [2.75, 3.05) is 6.61 Å². The van der Waals surface area contributed by atoms with Gasteiger partial charge in [0.1, 0.15) is 6.04 Å². The smallest absolute Gasteiger partial charge is 0.407 e. The molecule has 0 aliphatic rings. The summed E-state index contributed by atoms with van der Waals surface area (Å²) in [5, 5.41) is 11.0. The van der Waals surface area contributed by atoms with Crippen LogP contribution < -0.4 is 5.32 Å². The fourth-order valence-corrected chi connectivity index (χ4v) is 1.69. The minimum atomic E-state index is -1.22. The molecular formula is C10H21NO4Si. The van der Waals surface area contributed by atoms with Crippen LogP contribution in [0.15, 0.2) is 0 Å². The third-order valence-corrected chi connectivity index (χ3v) is 3.79. The summed E-state index contributed by atoms with van der Waals surface area (Å²) in [4.78, 5) is 21.9. The van der Waals surface area contributed by atoms with Crippen molar-refractivity contribution in [3.8, 4) is 0 Å². The number of ether oxygens (including phenoxy) is 1. The maximum atomic E-state index is 11.2. The minimum absolute atomic E-state index is 0.346. The molecule has 0 aromatic rings. The second-order valence-electron chi connectivity index (χ2n) is 4.89. The first-order valence-corrected chi connectivity index (χ1v) is 9.13. The van der Waals surface area contributed by atoms with Crippen molar-refractivity contribution < 1.29 is 19.4 Å². The molecule has 2 N–H and O–H groups in total. The van der Waals surface area contributed by atoms with E-state index in [1.54, 1.807) is 6.92 Å². The zero-order chi connectivity index (χ0) is 12.8.